The molecule has 0 spiro atoms. The molecule has 1 heterocycles. The van der Waals surface area contributed by atoms with E-state index in [1.165, 1.54) is 6.33 Å². The molecule has 0 aliphatic heterocycles. The molecule has 0 saturated carbocycles. The number of nitrogens with two attached hydrogens (primary N) is 1. The Morgan fingerprint density at radius 1 is 1.07 bits per heavy atom. The number of nitrogens with zero attached hydrogens (tertiary/aromatic N) is 2. The van der Waals surface area contributed by atoms with Crippen molar-refractivity contribution in [3.05, 3.63) is 70.0 Å². The summed E-state index contributed by atoms with van der Waals surface area (Å²) in [7, 11) is 0. The number of aryl methyl sites for hydroxylation is 1. The van der Waals surface area contributed by atoms with E-state index >= 15 is 0 Å². The minimum Gasteiger partial charge on any atom is -0.393 e. The third-order valence-corrected chi connectivity index (χ3v) is 4.30. The van der Waals surface area contributed by atoms with E-state index in [1.807, 2.05) is 19.1 Å². The highest BCUT2D eigenvalue weighted by atomic mass is 35.5. The van der Waals surface area contributed by atoms with Crippen LogP contribution in [0.15, 0.2) is 48.8 Å². The first-order valence-corrected chi connectivity index (χ1v) is 8.66. The van der Waals surface area contributed by atoms with Gasteiger partial charge in [0, 0.05) is 10.6 Å². The van der Waals surface area contributed by atoms with E-state index in [-0.39, 0.29) is 17.4 Å². The second kappa shape index (κ2) is 8.11. The Morgan fingerprint density at radius 3 is 2.56 bits per heavy atom. The van der Waals surface area contributed by atoms with E-state index in [9.17, 15) is 4.79 Å². The van der Waals surface area contributed by atoms with Gasteiger partial charge >= 0.3 is 0 Å². The number of nitrogens with one attached hydrogen (secondary N) is 3. The summed E-state index contributed by atoms with van der Waals surface area (Å²) in [6, 6.07) is 12.2. The predicted octanol–water partition coefficient (Wildman–Crippen LogP) is 4.17. The number of hydrogen-bond acceptors (Lipinski definition) is 6. The van der Waals surface area contributed by atoms with Gasteiger partial charge in [0.05, 0.1) is 10.7 Å². The molecule has 1 aromatic heterocycles. The number of amides is 1. The molecule has 0 bridgehead atoms. The smallest absolute Gasteiger partial charge is 0.269 e. The van der Waals surface area contributed by atoms with Gasteiger partial charge in [-0.3, -0.25) is 15.6 Å². The highest BCUT2D eigenvalue weighted by Crippen LogP contribution is 2.31. The molecule has 27 heavy (non-hydrogen) atoms. The van der Waals surface area contributed by atoms with E-state index in [4.69, 9.17) is 28.9 Å². The molecule has 1 amide bonds. The summed E-state index contributed by atoms with van der Waals surface area (Å²) >= 11 is 12.0. The van der Waals surface area contributed by atoms with Crippen LogP contribution in [-0.4, -0.2) is 15.9 Å². The minimum absolute atomic E-state index is 0.216. The van der Waals surface area contributed by atoms with Crippen LogP contribution in [0.2, 0.25) is 10.0 Å². The van der Waals surface area contributed by atoms with Crippen LogP contribution in [0.5, 0.6) is 0 Å². The molecule has 5 N–H and O–H groups in total. The van der Waals surface area contributed by atoms with Gasteiger partial charge < -0.3 is 11.1 Å². The zero-order valence-corrected chi connectivity index (χ0v) is 15.8. The van der Waals surface area contributed by atoms with Gasteiger partial charge in [-0.15, -0.1) is 0 Å². The van der Waals surface area contributed by atoms with Crippen molar-refractivity contribution in [3.8, 4) is 0 Å². The van der Waals surface area contributed by atoms with Crippen LogP contribution < -0.4 is 21.9 Å². The summed E-state index contributed by atoms with van der Waals surface area (Å²) in [5.41, 5.74) is 13.6. The third-order valence-electron chi connectivity index (χ3n) is 3.75. The highest BCUT2D eigenvalue weighted by Gasteiger charge is 2.12. The second-order valence-corrected chi connectivity index (χ2v) is 6.47. The summed E-state index contributed by atoms with van der Waals surface area (Å²) in [4.78, 5) is 20.5. The largest absolute Gasteiger partial charge is 0.393 e. The van der Waals surface area contributed by atoms with Gasteiger partial charge in [-0.2, -0.15) is 0 Å². The van der Waals surface area contributed by atoms with Gasteiger partial charge in [-0.05, 0) is 36.8 Å². The molecule has 9 heteroatoms. The first-order chi connectivity index (χ1) is 13.0. The van der Waals surface area contributed by atoms with Gasteiger partial charge in [-0.25, -0.2) is 9.97 Å². The number of rotatable bonds is 5. The van der Waals surface area contributed by atoms with Crippen LogP contribution in [0.3, 0.4) is 0 Å². The van der Waals surface area contributed by atoms with Crippen molar-refractivity contribution < 1.29 is 4.79 Å². The molecule has 0 radical (unpaired) electrons. The summed E-state index contributed by atoms with van der Waals surface area (Å²) in [6.45, 7) is 1.85. The Labute approximate surface area is 165 Å². The lowest BCUT2D eigenvalue weighted by Crippen LogP contribution is -2.30. The maximum atomic E-state index is 12.3. The first-order valence-electron chi connectivity index (χ1n) is 7.90. The quantitative estimate of drug-likeness (QED) is 0.477. The number of aromatic nitrogens is 2. The molecule has 7 nitrogen and oxygen atoms in total. The monoisotopic (exact) mass is 402 g/mol. The molecule has 3 aromatic rings. The van der Waals surface area contributed by atoms with Crippen molar-refractivity contribution >= 4 is 52.1 Å². The number of carbonyl (C=O) groups excluding carboxylic acids is 1. The molecule has 0 atom stereocenters. The average molecular weight is 403 g/mol. The highest BCUT2D eigenvalue weighted by molar-refractivity contribution is 6.36. The fourth-order valence-electron chi connectivity index (χ4n) is 2.32. The fraction of sp³-hybridized carbons (Fsp3) is 0.0556. The topological polar surface area (TPSA) is 105 Å². The molecule has 0 aliphatic carbocycles. The molecule has 3 rings (SSSR count). The molecular formula is C18H16Cl2N6O. The molecule has 0 saturated heterocycles. The number of benzene rings is 2. The normalized spacial score (nSPS) is 10.3. The summed E-state index contributed by atoms with van der Waals surface area (Å²) in [6.07, 6.45) is 1.31. The van der Waals surface area contributed by atoms with Crippen molar-refractivity contribution in [2.24, 2.45) is 0 Å². The van der Waals surface area contributed by atoms with Gasteiger partial charge in [0.25, 0.3) is 5.91 Å². The first kappa shape index (κ1) is 18.8. The summed E-state index contributed by atoms with van der Waals surface area (Å²) in [5.74, 6) is 0.280. The molecule has 0 unspecified atom stereocenters. The van der Waals surface area contributed by atoms with Crippen LogP contribution >= 0.6 is 23.2 Å². The van der Waals surface area contributed by atoms with Crippen molar-refractivity contribution in [2.75, 3.05) is 16.5 Å². The predicted molar refractivity (Wildman–Crippen MR) is 108 cm³/mol. The van der Waals surface area contributed by atoms with Crippen LogP contribution in [0.1, 0.15) is 15.9 Å². The zero-order chi connectivity index (χ0) is 19.4. The van der Waals surface area contributed by atoms with Crippen LogP contribution in [0, 0.1) is 6.92 Å². The van der Waals surface area contributed by atoms with Crippen molar-refractivity contribution in [3.63, 3.8) is 0 Å². The number of carbonyl (C=O) groups is 1. The lowest BCUT2D eigenvalue weighted by atomic mass is 10.1. The Kier molecular flexibility index (Phi) is 5.63. The third kappa shape index (κ3) is 4.39. The number of nitrogen functional groups attached to an aromatic ring is 1. The maximum Gasteiger partial charge on any atom is 0.269 e. The molecular weight excluding hydrogens is 387 g/mol. The van der Waals surface area contributed by atoms with E-state index in [0.29, 0.717) is 27.1 Å². The molecule has 0 aliphatic rings. The Balaban J connectivity index is 1.75. The molecule has 138 valence electrons. The molecule has 0 fully saturated rings. The summed E-state index contributed by atoms with van der Waals surface area (Å²) in [5, 5.41) is 3.95. The minimum atomic E-state index is -0.304. The Hall–Kier alpha value is -3.03. The number of hydrazine groups is 1. The Bertz CT molecular complexity index is 995. The number of hydrogen-bond donors (Lipinski definition) is 4. The van der Waals surface area contributed by atoms with E-state index in [1.54, 1.807) is 30.3 Å². The summed E-state index contributed by atoms with van der Waals surface area (Å²) < 4.78 is 0. The van der Waals surface area contributed by atoms with Gasteiger partial charge in [0.1, 0.15) is 12.0 Å². The lowest BCUT2D eigenvalue weighted by molar-refractivity contribution is 0.0962. The van der Waals surface area contributed by atoms with Crippen molar-refractivity contribution in [1.29, 1.82) is 0 Å². The lowest BCUT2D eigenvalue weighted by Gasteiger charge is -2.14. The average Bonchev–Trinajstić information content (AvgIpc) is 2.64. The van der Waals surface area contributed by atoms with Crippen molar-refractivity contribution in [1.82, 2.24) is 15.4 Å². The van der Waals surface area contributed by atoms with E-state index < -0.39 is 0 Å². The number of halogens is 2. The maximum absolute atomic E-state index is 12.3. The Morgan fingerprint density at radius 2 is 1.81 bits per heavy atom. The van der Waals surface area contributed by atoms with E-state index in [0.717, 1.165) is 5.56 Å². The van der Waals surface area contributed by atoms with Gasteiger partial charge in [-0.1, -0.05) is 41.4 Å². The SMILES string of the molecule is Cc1ccccc1C(=O)NNc1ncnc(Nc2ccc(Cl)cc2Cl)c1N. The van der Waals surface area contributed by atoms with E-state index in [2.05, 4.69) is 26.1 Å². The number of anilines is 4. The van der Waals surface area contributed by atoms with Crippen LogP contribution in [0.4, 0.5) is 23.0 Å². The fourth-order valence-corrected chi connectivity index (χ4v) is 2.78. The second-order valence-electron chi connectivity index (χ2n) is 5.63. The molecule has 2 aromatic carbocycles. The van der Waals surface area contributed by atoms with Crippen LogP contribution in [-0.2, 0) is 0 Å². The van der Waals surface area contributed by atoms with Crippen molar-refractivity contribution in [2.45, 2.75) is 6.92 Å². The van der Waals surface area contributed by atoms with Gasteiger partial charge in [0.15, 0.2) is 11.6 Å². The zero-order valence-electron chi connectivity index (χ0n) is 14.3. The van der Waals surface area contributed by atoms with Gasteiger partial charge in [0.2, 0.25) is 0 Å². The standard InChI is InChI=1S/C18H16Cl2N6O/c1-10-4-2-3-5-12(10)18(27)26-25-17-15(21)16(22-9-23-17)24-14-7-6-11(19)8-13(14)20/h2-9H,21H2,1H3,(H,26,27)(H2,22,23,24,25). The van der Waals surface area contributed by atoms with Crippen LogP contribution in [0.25, 0.3) is 0 Å².